The molecule has 2 rings (SSSR count). The van der Waals surface area contributed by atoms with Gasteiger partial charge in [-0.1, -0.05) is 61.0 Å². The summed E-state index contributed by atoms with van der Waals surface area (Å²) in [4.78, 5) is 0. The van der Waals surface area contributed by atoms with Crippen LogP contribution < -0.4 is 5.32 Å². The Labute approximate surface area is 127 Å². The third kappa shape index (κ3) is 4.09. The molecule has 1 N–H and O–H groups in total. The molecule has 0 radical (unpaired) electrons. The zero-order chi connectivity index (χ0) is 14.4. The number of hydrogen-bond donors (Lipinski definition) is 1. The van der Waals surface area contributed by atoms with Crippen LogP contribution >= 0.6 is 11.6 Å². The number of aryl methyl sites for hydroxylation is 2. The lowest BCUT2D eigenvalue weighted by Crippen LogP contribution is -2.21. The second-order valence-electron chi connectivity index (χ2n) is 5.16. The average molecular weight is 288 g/mol. The minimum atomic E-state index is 0.313. The van der Waals surface area contributed by atoms with Crippen molar-refractivity contribution in [1.29, 1.82) is 0 Å². The highest BCUT2D eigenvalue weighted by molar-refractivity contribution is 6.31. The summed E-state index contributed by atoms with van der Waals surface area (Å²) in [6, 6.07) is 17.2. The second kappa shape index (κ2) is 7.47. The Hall–Kier alpha value is -1.31. The van der Waals surface area contributed by atoms with E-state index in [1.807, 2.05) is 6.07 Å². The van der Waals surface area contributed by atoms with Gasteiger partial charge in [-0.05, 0) is 49.1 Å². The first-order valence-electron chi connectivity index (χ1n) is 7.24. The van der Waals surface area contributed by atoms with Crippen molar-refractivity contribution in [2.24, 2.45) is 0 Å². The van der Waals surface area contributed by atoms with Crippen LogP contribution in [-0.2, 0) is 6.42 Å². The zero-order valence-electron chi connectivity index (χ0n) is 12.2. The fourth-order valence-corrected chi connectivity index (χ4v) is 2.85. The largest absolute Gasteiger partial charge is 0.310 e. The number of nitrogens with one attached hydrogen (secondary N) is 1. The van der Waals surface area contributed by atoms with Crippen molar-refractivity contribution in [2.75, 3.05) is 6.54 Å². The van der Waals surface area contributed by atoms with E-state index in [9.17, 15) is 0 Å². The van der Waals surface area contributed by atoms with Crippen LogP contribution in [0.3, 0.4) is 0 Å². The Morgan fingerprint density at radius 2 is 1.85 bits per heavy atom. The monoisotopic (exact) mass is 287 g/mol. The van der Waals surface area contributed by atoms with E-state index < -0.39 is 0 Å². The molecule has 20 heavy (non-hydrogen) atoms. The third-order valence-electron chi connectivity index (χ3n) is 3.55. The first kappa shape index (κ1) is 15.1. The summed E-state index contributed by atoms with van der Waals surface area (Å²) in [5.41, 5.74) is 3.78. The SMILES string of the molecule is CCNC(CCc1ccccc1)c1ccc(C)cc1Cl. The Morgan fingerprint density at radius 3 is 2.50 bits per heavy atom. The molecule has 0 fully saturated rings. The average Bonchev–Trinajstić information content (AvgIpc) is 2.45. The number of halogens is 1. The van der Waals surface area contributed by atoms with Crippen molar-refractivity contribution in [3.8, 4) is 0 Å². The van der Waals surface area contributed by atoms with Crippen LogP contribution in [0.4, 0.5) is 0 Å². The molecule has 1 unspecified atom stereocenters. The van der Waals surface area contributed by atoms with Crippen molar-refractivity contribution in [3.63, 3.8) is 0 Å². The van der Waals surface area contributed by atoms with Gasteiger partial charge in [0.2, 0.25) is 0 Å². The quantitative estimate of drug-likeness (QED) is 0.794. The first-order valence-corrected chi connectivity index (χ1v) is 7.62. The van der Waals surface area contributed by atoms with Crippen LogP contribution in [0.2, 0.25) is 5.02 Å². The normalized spacial score (nSPS) is 12.3. The van der Waals surface area contributed by atoms with Crippen molar-refractivity contribution in [2.45, 2.75) is 32.7 Å². The molecule has 0 amide bonds. The highest BCUT2D eigenvalue weighted by atomic mass is 35.5. The molecule has 2 aromatic rings. The molecule has 1 nitrogen and oxygen atoms in total. The maximum absolute atomic E-state index is 6.40. The fraction of sp³-hybridized carbons (Fsp3) is 0.333. The van der Waals surface area contributed by atoms with Crippen LogP contribution in [-0.4, -0.2) is 6.54 Å². The number of rotatable bonds is 6. The standard InChI is InChI=1S/C18H22ClN/c1-3-20-18(12-10-15-7-5-4-6-8-15)16-11-9-14(2)13-17(16)19/h4-9,11,13,18,20H,3,10,12H2,1-2H3. The van der Waals surface area contributed by atoms with E-state index in [1.54, 1.807) is 0 Å². The molecule has 0 spiro atoms. The minimum Gasteiger partial charge on any atom is -0.310 e. The molecule has 0 saturated heterocycles. The van der Waals surface area contributed by atoms with Gasteiger partial charge in [0.15, 0.2) is 0 Å². The van der Waals surface area contributed by atoms with E-state index in [0.29, 0.717) is 6.04 Å². The van der Waals surface area contributed by atoms with Crippen LogP contribution in [0.5, 0.6) is 0 Å². The highest BCUT2D eigenvalue weighted by Gasteiger charge is 2.13. The summed E-state index contributed by atoms with van der Waals surface area (Å²) in [5, 5.41) is 4.41. The van der Waals surface area contributed by atoms with Gasteiger partial charge in [0.1, 0.15) is 0 Å². The molecule has 1 atom stereocenters. The molecule has 2 aromatic carbocycles. The predicted octanol–water partition coefficient (Wildman–Crippen LogP) is 4.93. The summed E-state index contributed by atoms with van der Waals surface area (Å²) >= 11 is 6.40. The molecular formula is C18H22ClN. The van der Waals surface area contributed by atoms with Gasteiger partial charge in [-0.2, -0.15) is 0 Å². The highest BCUT2D eigenvalue weighted by Crippen LogP contribution is 2.27. The lowest BCUT2D eigenvalue weighted by atomic mass is 9.98. The topological polar surface area (TPSA) is 12.0 Å². The molecule has 0 aliphatic heterocycles. The molecule has 0 aliphatic carbocycles. The van der Waals surface area contributed by atoms with E-state index in [4.69, 9.17) is 11.6 Å². The first-order chi connectivity index (χ1) is 9.70. The lowest BCUT2D eigenvalue weighted by Gasteiger charge is -2.20. The third-order valence-corrected chi connectivity index (χ3v) is 3.87. The maximum Gasteiger partial charge on any atom is 0.0456 e. The van der Waals surface area contributed by atoms with Gasteiger partial charge < -0.3 is 5.32 Å². The molecule has 0 saturated carbocycles. The Balaban J connectivity index is 2.10. The molecule has 2 heteroatoms. The summed E-state index contributed by atoms with van der Waals surface area (Å²) in [7, 11) is 0. The van der Waals surface area contributed by atoms with Gasteiger partial charge in [-0.25, -0.2) is 0 Å². The molecule has 0 bridgehead atoms. The van der Waals surface area contributed by atoms with Crippen LogP contribution in [0.1, 0.15) is 36.1 Å². The predicted molar refractivity (Wildman–Crippen MR) is 87.4 cm³/mol. The summed E-state index contributed by atoms with van der Waals surface area (Å²) in [6.07, 6.45) is 2.11. The van der Waals surface area contributed by atoms with E-state index in [-0.39, 0.29) is 0 Å². The second-order valence-corrected chi connectivity index (χ2v) is 5.57. The molecule has 0 heterocycles. The smallest absolute Gasteiger partial charge is 0.0456 e. The van der Waals surface area contributed by atoms with Crippen molar-refractivity contribution in [1.82, 2.24) is 5.32 Å². The number of hydrogen-bond acceptors (Lipinski definition) is 1. The van der Waals surface area contributed by atoms with E-state index >= 15 is 0 Å². The van der Waals surface area contributed by atoms with Crippen LogP contribution in [0.15, 0.2) is 48.5 Å². The molecule has 106 valence electrons. The molecule has 0 aliphatic rings. The van der Waals surface area contributed by atoms with Gasteiger partial charge >= 0.3 is 0 Å². The Bertz CT molecular complexity index is 536. The fourth-order valence-electron chi connectivity index (χ4n) is 2.48. The number of benzene rings is 2. The summed E-state index contributed by atoms with van der Waals surface area (Å²) < 4.78 is 0. The Morgan fingerprint density at radius 1 is 1.10 bits per heavy atom. The Kier molecular flexibility index (Phi) is 5.63. The lowest BCUT2D eigenvalue weighted by molar-refractivity contribution is 0.515. The van der Waals surface area contributed by atoms with Crippen LogP contribution in [0.25, 0.3) is 0 Å². The van der Waals surface area contributed by atoms with Gasteiger partial charge in [0, 0.05) is 11.1 Å². The maximum atomic E-state index is 6.40. The van der Waals surface area contributed by atoms with E-state index in [0.717, 1.165) is 24.4 Å². The van der Waals surface area contributed by atoms with E-state index in [1.165, 1.54) is 16.7 Å². The summed E-state index contributed by atoms with van der Waals surface area (Å²) in [5.74, 6) is 0. The van der Waals surface area contributed by atoms with Crippen molar-refractivity contribution >= 4 is 11.6 Å². The van der Waals surface area contributed by atoms with Gasteiger partial charge in [0.25, 0.3) is 0 Å². The van der Waals surface area contributed by atoms with Gasteiger partial charge in [-0.15, -0.1) is 0 Å². The van der Waals surface area contributed by atoms with Crippen molar-refractivity contribution in [3.05, 3.63) is 70.2 Å². The van der Waals surface area contributed by atoms with E-state index in [2.05, 4.69) is 61.6 Å². The minimum absolute atomic E-state index is 0.313. The van der Waals surface area contributed by atoms with Crippen molar-refractivity contribution < 1.29 is 0 Å². The zero-order valence-corrected chi connectivity index (χ0v) is 13.0. The van der Waals surface area contributed by atoms with Gasteiger partial charge in [-0.3, -0.25) is 0 Å². The van der Waals surface area contributed by atoms with Crippen LogP contribution in [0, 0.1) is 6.92 Å². The molecule has 0 aromatic heterocycles. The van der Waals surface area contributed by atoms with Gasteiger partial charge in [0.05, 0.1) is 0 Å². The summed E-state index contributed by atoms with van der Waals surface area (Å²) in [6.45, 7) is 5.16. The molecular weight excluding hydrogens is 266 g/mol.